The Bertz CT molecular complexity index is 781. The summed E-state index contributed by atoms with van der Waals surface area (Å²) in [4.78, 5) is 0. The molecule has 0 bridgehead atoms. The van der Waals surface area contributed by atoms with Crippen molar-refractivity contribution in [3.8, 4) is 5.75 Å². The highest BCUT2D eigenvalue weighted by atomic mass is 16.5. The number of anilines is 1. The predicted octanol–water partition coefficient (Wildman–Crippen LogP) is 2.75. The predicted molar refractivity (Wildman–Crippen MR) is 88.8 cm³/mol. The van der Waals surface area contributed by atoms with Gasteiger partial charge in [0.15, 0.2) is 11.5 Å². The molecule has 23 heavy (non-hydrogen) atoms. The molecule has 0 aliphatic heterocycles. The minimum atomic E-state index is 0.619. The molecule has 2 aromatic heterocycles. The Morgan fingerprint density at radius 2 is 2.09 bits per heavy atom. The van der Waals surface area contributed by atoms with E-state index >= 15 is 0 Å². The van der Waals surface area contributed by atoms with Gasteiger partial charge >= 0.3 is 0 Å². The number of aromatic nitrogens is 4. The molecule has 0 aliphatic carbocycles. The minimum Gasteiger partial charge on any atom is -0.494 e. The molecular weight excluding hydrogens is 292 g/mol. The van der Waals surface area contributed by atoms with Gasteiger partial charge in [0, 0.05) is 0 Å². The molecule has 3 aromatic rings. The third-order valence-corrected chi connectivity index (χ3v) is 3.20. The molecule has 0 unspecified atom stereocenters. The number of fused-ring (bicyclic) bond motifs is 1. The van der Waals surface area contributed by atoms with Crippen molar-refractivity contribution < 1.29 is 4.74 Å². The first kappa shape index (κ1) is 15.0. The fourth-order valence-electron chi connectivity index (χ4n) is 1.95. The van der Waals surface area contributed by atoms with Crippen molar-refractivity contribution in [2.75, 3.05) is 12.0 Å². The Morgan fingerprint density at radius 1 is 1.22 bits per heavy atom. The van der Waals surface area contributed by atoms with Crippen LogP contribution in [0.1, 0.15) is 25.3 Å². The van der Waals surface area contributed by atoms with Gasteiger partial charge in [-0.3, -0.25) is 5.43 Å². The van der Waals surface area contributed by atoms with Gasteiger partial charge in [-0.05, 0) is 48.4 Å². The summed E-state index contributed by atoms with van der Waals surface area (Å²) < 4.78 is 7.21. The summed E-state index contributed by atoms with van der Waals surface area (Å²) in [5.74, 6) is 1.50. The van der Waals surface area contributed by atoms with Gasteiger partial charge in [-0.2, -0.15) is 9.62 Å². The molecule has 7 heteroatoms. The van der Waals surface area contributed by atoms with Crippen molar-refractivity contribution in [3.05, 3.63) is 48.3 Å². The lowest BCUT2D eigenvalue weighted by Gasteiger charge is -2.05. The van der Waals surface area contributed by atoms with E-state index in [0.29, 0.717) is 11.5 Å². The second-order valence-electron chi connectivity index (χ2n) is 4.99. The molecule has 0 fully saturated rings. The van der Waals surface area contributed by atoms with E-state index in [4.69, 9.17) is 4.74 Å². The molecule has 0 saturated heterocycles. The summed E-state index contributed by atoms with van der Waals surface area (Å²) in [5, 5.41) is 16.1. The van der Waals surface area contributed by atoms with Crippen LogP contribution in [-0.2, 0) is 0 Å². The Morgan fingerprint density at radius 3 is 2.91 bits per heavy atom. The van der Waals surface area contributed by atoms with Crippen LogP contribution in [0.15, 0.2) is 47.8 Å². The maximum atomic E-state index is 5.62. The zero-order chi connectivity index (χ0) is 15.9. The standard InChI is InChI=1S/C16H18N6O/c1-2-3-10-23-14-6-4-13(5-7-14)11-17-19-15-8-9-16-20-18-12-22(16)21-15/h4-9,11-12H,2-3,10H2,1H3,(H,19,21)/b17-11-. The lowest BCUT2D eigenvalue weighted by Crippen LogP contribution is -1.98. The van der Waals surface area contributed by atoms with Gasteiger partial charge in [-0.1, -0.05) is 13.3 Å². The maximum Gasteiger partial charge on any atom is 0.177 e. The topological polar surface area (TPSA) is 76.7 Å². The second-order valence-corrected chi connectivity index (χ2v) is 4.99. The van der Waals surface area contributed by atoms with E-state index in [-0.39, 0.29) is 0 Å². The fourth-order valence-corrected chi connectivity index (χ4v) is 1.95. The van der Waals surface area contributed by atoms with Gasteiger partial charge in [0.1, 0.15) is 12.1 Å². The summed E-state index contributed by atoms with van der Waals surface area (Å²) in [5.41, 5.74) is 4.55. The molecule has 2 heterocycles. The summed E-state index contributed by atoms with van der Waals surface area (Å²) in [6.45, 7) is 2.90. The lowest BCUT2D eigenvalue weighted by atomic mass is 10.2. The van der Waals surface area contributed by atoms with Crippen LogP contribution in [0.2, 0.25) is 0 Å². The maximum absolute atomic E-state index is 5.62. The summed E-state index contributed by atoms with van der Waals surface area (Å²) in [6.07, 6.45) is 5.47. The van der Waals surface area contributed by atoms with Crippen molar-refractivity contribution in [1.82, 2.24) is 19.8 Å². The number of nitrogens with zero attached hydrogens (tertiary/aromatic N) is 5. The van der Waals surface area contributed by atoms with Crippen LogP contribution in [0.5, 0.6) is 5.75 Å². The molecule has 1 N–H and O–H groups in total. The number of hydrogen-bond acceptors (Lipinski definition) is 6. The van der Waals surface area contributed by atoms with Gasteiger partial charge in [-0.25, -0.2) is 0 Å². The highest BCUT2D eigenvalue weighted by Crippen LogP contribution is 2.12. The van der Waals surface area contributed by atoms with Crippen molar-refractivity contribution in [2.45, 2.75) is 19.8 Å². The summed E-state index contributed by atoms with van der Waals surface area (Å²) in [7, 11) is 0. The van der Waals surface area contributed by atoms with Crippen LogP contribution in [-0.4, -0.2) is 32.6 Å². The molecule has 0 saturated carbocycles. The first-order chi connectivity index (χ1) is 11.3. The number of nitrogens with one attached hydrogen (secondary N) is 1. The van der Waals surface area contributed by atoms with Crippen molar-refractivity contribution in [3.63, 3.8) is 0 Å². The van der Waals surface area contributed by atoms with Crippen LogP contribution in [0.3, 0.4) is 0 Å². The first-order valence-corrected chi connectivity index (χ1v) is 7.54. The summed E-state index contributed by atoms with van der Waals surface area (Å²) in [6, 6.07) is 11.4. The smallest absolute Gasteiger partial charge is 0.177 e. The quantitative estimate of drug-likeness (QED) is 0.412. The SMILES string of the molecule is CCCCOc1ccc(/C=N\Nc2ccc3nncn3n2)cc1. The van der Waals surface area contributed by atoms with Gasteiger partial charge in [0.25, 0.3) is 0 Å². The van der Waals surface area contributed by atoms with Gasteiger partial charge < -0.3 is 4.74 Å². The molecule has 118 valence electrons. The largest absolute Gasteiger partial charge is 0.494 e. The molecular formula is C16H18N6O. The van der Waals surface area contributed by atoms with E-state index in [2.05, 4.69) is 32.7 Å². The highest BCUT2D eigenvalue weighted by Gasteiger charge is 1.98. The minimum absolute atomic E-state index is 0.619. The Kier molecular flexibility index (Phi) is 4.78. The Labute approximate surface area is 134 Å². The van der Waals surface area contributed by atoms with Gasteiger partial charge in [-0.15, -0.1) is 15.3 Å². The van der Waals surface area contributed by atoms with Crippen molar-refractivity contribution >= 4 is 17.7 Å². The highest BCUT2D eigenvalue weighted by molar-refractivity contribution is 5.80. The normalized spacial score (nSPS) is 11.2. The molecule has 7 nitrogen and oxygen atoms in total. The third kappa shape index (κ3) is 4.03. The number of hydrogen-bond donors (Lipinski definition) is 1. The van der Waals surface area contributed by atoms with E-state index in [9.17, 15) is 0 Å². The number of hydrazone groups is 1. The molecule has 0 atom stereocenters. The molecule has 0 amide bonds. The zero-order valence-electron chi connectivity index (χ0n) is 12.9. The van der Waals surface area contributed by atoms with Crippen LogP contribution >= 0.6 is 0 Å². The average Bonchev–Trinajstić information content (AvgIpc) is 3.04. The third-order valence-electron chi connectivity index (χ3n) is 3.20. The molecule has 0 spiro atoms. The van der Waals surface area contributed by atoms with Crippen molar-refractivity contribution in [2.24, 2.45) is 5.10 Å². The van der Waals surface area contributed by atoms with E-state index in [0.717, 1.165) is 30.8 Å². The fraction of sp³-hybridized carbons (Fsp3) is 0.250. The molecule has 3 rings (SSSR count). The number of benzene rings is 1. The van der Waals surface area contributed by atoms with Crippen LogP contribution < -0.4 is 10.2 Å². The van der Waals surface area contributed by atoms with E-state index in [1.807, 2.05) is 30.3 Å². The lowest BCUT2D eigenvalue weighted by molar-refractivity contribution is 0.309. The van der Waals surface area contributed by atoms with Crippen molar-refractivity contribution in [1.29, 1.82) is 0 Å². The molecule has 0 radical (unpaired) electrons. The molecule has 0 aliphatic rings. The van der Waals surface area contributed by atoms with Crippen LogP contribution in [0, 0.1) is 0 Å². The van der Waals surface area contributed by atoms with Crippen LogP contribution in [0.4, 0.5) is 5.82 Å². The first-order valence-electron chi connectivity index (χ1n) is 7.54. The number of unbranched alkanes of at least 4 members (excludes halogenated alkanes) is 1. The Hall–Kier alpha value is -2.96. The van der Waals surface area contributed by atoms with Gasteiger partial charge in [0.05, 0.1) is 12.8 Å². The molecule has 1 aromatic carbocycles. The van der Waals surface area contributed by atoms with Gasteiger partial charge in [0.2, 0.25) is 0 Å². The Balaban J connectivity index is 1.56. The van der Waals surface area contributed by atoms with E-state index in [1.54, 1.807) is 23.1 Å². The number of ether oxygens (including phenoxy) is 1. The van der Waals surface area contributed by atoms with Crippen LogP contribution in [0.25, 0.3) is 5.65 Å². The zero-order valence-corrected chi connectivity index (χ0v) is 12.9. The summed E-state index contributed by atoms with van der Waals surface area (Å²) >= 11 is 0. The average molecular weight is 310 g/mol. The van der Waals surface area contributed by atoms with E-state index < -0.39 is 0 Å². The monoisotopic (exact) mass is 310 g/mol. The van der Waals surface area contributed by atoms with E-state index in [1.165, 1.54) is 0 Å². The second kappa shape index (κ2) is 7.35. The number of rotatable bonds is 7.